The van der Waals surface area contributed by atoms with Crippen molar-refractivity contribution in [2.75, 3.05) is 0 Å². The number of rotatable bonds is 6. The molecule has 0 aliphatic rings. The van der Waals surface area contributed by atoms with Gasteiger partial charge in [0.25, 0.3) is 11.5 Å². The van der Waals surface area contributed by atoms with E-state index >= 15 is 0 Å². The number of aliphatic carboxylic acids is 2. The Morgan fingerprint density at radius 2 is 1.90 bits per heavy atom. The van der Waals surface area contributed by atoms with E-state index in [2.05, 4.69) is 5.32 Å². The number of aromatic nitrogens is 1. The lowest BCUT2D eigenvalue weighted by Crippen LogP contribution is -2.41. The Morgan fingerprint density at radius 3 is 2.40 bits per heavy atom. The Morgan fingerprint density at radius 1 is 1.25 bits per heavy atom. The molecule has 0 spiro atoms. The van der Waals surface area contributed by atoms with Crippen LogP contribution in [-0.2, 0) is 9.59 Å². The van der Waals surface area contributed by atoms with Gasteiger partial charge in [0, 0.05) is 18.6 Å². The number of pyridine rings is 1. The molecule has 0 fully saturated rings. The number of carboxylic acids is 2. The zero-order valence-corrected chi connectivity index (χ0v) is 10.1. The summed E-state index contributed by atoms with van der Waals surface area (Å²) < 4.78 is 0. The fourth-order valence-electron chi connectivity index (χ4n) is 1.43. The van der Waals surface area contributed by atoms with Gasteiger partial charge in [0.15, 0.2) is 5.88 Å². The first-order valence-electron chi connectivity index (χ1n) is 5.48. The van der Waals surface area contributed by atoms with Crippen LogP contribution in [0.2, 0.25) is 0 Å². The summed E-state index contributed by atoms with van der Waals surface area (Å²) >= 11 is 0. The minimum absolute atomic E-state index is 0.229. The van der Waals surface area contributed by atoms with Crippen LogP contribution < -0.4 is 10.9 Å². The van der Waals surface area contributed by atoms with E-state index in [0.717, 1.165) is 12.1 Å². The van der Waals surface area contributed by atoms with Gasteiger partial charge in [-0.15, -0.1) is 0 Å². The summed E-state index contributed by atoms with van der Waals surface area (Å²) in [5.74, 6) is -4.03. The van der Waals surface area contributed by atoms with Crippen molar-refractivity contribution < 1.29 is 29.7 Å². The average molecular weight is 284 g/mol. The predicted octanol–water partition coefficient (Wildman–Crippen LogP) is -0.872. The first kappa shape index (κ1) is 15.2. The number of amides is 1. The number of aromatic amines is 1. The van der Waals surface area contributed by atoms with E-state index in [-0.39, 0.29) is 12.0 Å². The predicted molar refractivity (Wildman–Crippen MR) is 64.5 cm³/mol. The van der Waals surface area contributed by atoms with Crippen LogP contribution in [0.3, 0.4) is 0 Å². The largest absolute Gasteiger partial charge is 0.494 e. The fraction of sp³-hybridized carbons (Fsp3) is 0.273. The lowest BCUT2D eigenvalue weighted by molar-refractivity contribution is -0.140. The number of nitrogens with one attached hydrogen (secondary N) is 2. The van der Waals surface area contributed by atoms with E-state index < -0.39 is 41.7 Å². The third kappa shape index (κ3) is 4.44. The van der Waals surface area contributed by atoms with E-state index in [4.69, 9.17) is 15.3 Å². The number of carboxylic acid groups (broad SMARTS) is 2. The highest BCUT2D eigenvalue weighted by molar-refractivity contribution is 5.96. The molecule has 9 heteroatoms. The molecule has 1 rings (SSSR count). The third-order valence-corrected chi connectivity index (χ3v) is 2.34. The molecule has 0 aliphatic carbocycles. The van der Waals surface area contributed by atoms with Gasteiger partial charge in [-0.3, -0.25) is 19.4 Å². The molecule has 20 heavy (non-hydrogen) atoms. The lowest BCUT2D eigenvalue weighted by Gasteiger charge is -2.13. The summed E-state index contributed by atoms with van der Waals surface area (Å²) in [4.78, 5) is 46.1. The molecule has 0 aliphatic heterocycles. The van der Waals surface area contributed by atoms with Crippen LogP contribution in [-0.4, -0.2) is 44.2 Å². The Kier molecular flexibility index (Phi) is 4.84. The number of hydrogen-bond donors (Lipinski definition) is 5. The van der Waals surface area contributed by atoms with Crippen molar-refractivity contribution in [3.05, 3.63) is 28.0 Å². The molecular weight excluding hydrogens is 272 g/mol. The maximum absolute atomic E-state index is 11.7. The molecule has 108 valence electrons. The van der Waals surface area contributed by atoms with Crippen LogP contribution in [0, 0.1) is 0 Å². The third-order valence-electron chi connectivity index (χ3n) is 2.34. The van der Waals surface area contributed by atoms with Crippen LogP contribution in [0.15, 0.2) is 16.9 Å². The second-order valence-corrected chi connectivity index (χ2v) is 3.92. The van der Waals surface area contributed by atoms with E-state index in [9.17, 15) is 19.2 Å². The average Bonchev–Trinajstić information content (AvgIpc) is 2.32. The van der Waals surface area contributed by atoms with Crippen molar-refractivity contribution in [2.24, 2.45) is 0 Å². The van der Waals surface area contributed by atoms with Crippen LogP contribution in [0.1, 0.15) is 23.2 Å². The first-order chi connectivity index (χ1) is 9.29. The van der Waals surface area contributed by atoms with Crippen molar-refractivity contribution in [1.29, 1.82) is 0 Å². The highest BCUT2D eigenvalue weighted by atomic mass is 16.4. The Bertz CT molecular complexity index is 593. The molecule has 0 bridgehead atoms. The molecule has 1 amide bonds. The molecule has 1 atom stereocenters. The molecule has 5 N–H and O–H groups in total. The second-order valence-electron chi connectivity index (χ2n) is 3.92. The molecule has 0 saturated carbocycles. The Labute approximate surface area is 111 Å². The topological polar surface area (TPSA) is 157 Å². The fourth-order valence-corrected chi connectivity index (χ4v) is 1.43. The van der Waals surface area contributed by atoms with E-state index in [1.54, 1.807) is 0 Å². The van der Waals surface area contributed by atoms with E-state index in [0.29, 0.717) is 0 Å². The van der Waals surface area contributed by atoms with Crippen molar-refractivity contribution in [2.45, 2.75) is 18.9 Å². The second kappa shape index (κ2) is 6.36. The van der Waals surface area contributed by atoms with Gasteiger partial charge in [-0.05, 0) is 6.42 Å². The summed E-state index contributed by atoms with van der Waals surface area (Å²) in [6.07, 6.45) is -0.733. The van der Waals surface area contributed by atoms with E-state index in [1.807, 2.05) is 4.98 Å². The van der Waals surface area contributed by atoms with Crippen molar-refractivity contribution in [1.82, 2.24) is 10.3 Å². The lowest BCUT2D eigenvalue weighted by atomic mass is 10.1. The van der Waals surface area contributed by atoms with Gasteiger partial charge in [0.1, 0.15) is 6.04 Å². The van der Waals surface area contributed by atoms with Gasteiger partial charge in [-0.2, -0.15) is 0 Å². The molecule has 1 aromatic rings. The number of H-pyrrole nitrogens is 1. The number of carbonyl (C=O) groups excluding carboxylic acids is 1. The van der Waals surface area contributed by atoms with Gasteiger partial charge in [-0.25, -0.2) is 4.79 Å². The van der Waals surface area contributed by atoms with Gasteiger partial charge in [0.05, 0.1) is 5.56 Å². The molecule has 0 radical (unpaired) electrons. The summed E-state index contributed by atoms with van der Waals surface area (Å²) in [7, 11) is 0. The van der Waals surface area contributed by atoms with Gasteiger partial charge >= 0.3 is 11.9 Å². The highest BCUT2D eigenvalue weighted by Gasteiger charge is 2.22. The normalized spacial score (nSPS) is 11.6. The van der Waals surface area contributed by atoms with Gasteiger partial charge < -0.3 is 20.6 Å². The number of hydrogen-bond acceptors (Lipinski definition) is 5. The quantitative estimate of drug-likeness (QED) is 0.454. The molecule has 0 saturated heterocycles. The summed E-state index contributed by atoms with van der Waals surface area (Å²) in [6, 6.07) is 0.429. The Balaban J connectivity index is 2.82. The minimum Gasteiger partial charge on any atom is -0.494 e. The van der Waals surface area contributed by atoms with Crippen molar-refractivity contribution >= 4 is 17.8 Å². The van der Waals surface area contributed by atoms with Crippen LogP contribution >= 0.6 is 0 Å². The van der Waals surface area contributed by atoms with Gasteiger partial charge in [0.2, 0.25) is 0 Å². The molecule has 9 nitrogen and oxygen atoms in total. The van der Waals surface area contributed by atoms with Crippen LogP contribution in [0.4, 0.5) is 0 Å². The smallest absolute Gasteiger partial charge is 0.326 e. The zero-order valence-electron chi connectivity index (χ0n) is 10.1. The van der Waals surface area contributed by atoms with Crippen molar-refractivity contribution in [3.8, 4) is 5.88 Å². The van der Waals surface area contributed by atoms with E-state index in [1.165, 1.54) is 0 Å². The zero-order chi connectivity index (χ0) is 15.3. The summed E-state index contributed by atoms with van der Waals surface area (Å²) in [5.41, 5.74) is -0.958. The molecule has 0 aromatic carbocycles. The monoisotopic (exact) mass is 284 g/mol. The van der Waals surface area contributed by atoms with Crippen LogP contribution in [0.25, 0.3) is 0 Å². The Hall–Kier alpha value is -2.84. The standard InChI is InChI=1S/C11H12N2O7/c14-7-3-5(4-8(15)13-7)10(18)12-6(11(19)20)1-2-9(16)17/h3-4,6H,1-2H2,(H,12,18)(H,16,17)(H,19,20)(H2,13,14,15). The van der Waals surface area contributed by atoms with Crippen molar-refractivity contribution in [3.63, 3.8) is 0 Å². The minimum atomic E-state index is -1.40. The summed E-state index contributed by atoms with van der Waals surface area (Å²) in [6.45, 7) is 0. The molecule has 1 unspecified atom stereocenters. The number of aromatic hydroxyl groups is 1. The molecule has 1 aromatic heterocycles. The van der Waals surface area contributed by atoms with Crippen LogP contribution in [0.5, 0.6) is 5.88 Å². The van der Waals surface area contributed by atoms with Gasteiger partial charge in [-0.1, -0.05) is 0 Å². The SMILES string of the molecule is O=C(O)CCC(NC(=O)c1cc(O)[nH]c(=O)c1)C(=O)O. The maximum Gasteiger partial charge on any atom is 0.326 e. The maximum atomic E-state index is 11.7. The summed E-state index contributed by atoms with van der Waals surface area (Å²) in [5, 5.41) is 28.6. The first-order valence-corrected chi connectivity index (χ1v) is 5.48. The number of carbonyl (C=O) groups is 3. The molecular formula is C11H12N2O7. The highest BCUT2D eigenvalue weighted by Crippen LogP contribution is 2.06. The molecule has 1 heterocycles.